The fourth-order valence-corrected chi connectivity index (χ4v) is 2.73. The van der Waals surface area contributed by atoms with Crippen molar-refractivity contribution >= 4 is 35.0 Å². The van der Waals surface area contributed by atoms with Crippen molar-refractivity contribution in [1.29, 1.82) is 0 Å². The van der Waals surface area contributed by atoms with Crippen LogP contribution in [0.3, 0.4) is 0 Å². The molecule has 0 N–H and O–H groups in total. The molecule has 106 valence electrons. The number of aromatic nitrogens is 5. The number of hydrogen-bond acceptors (Lipinski definition) is 5. The van der Waals surface area contributed by atoms with Gasteiger partial charge in [0.25, 0.3) is 0 Å². The van der Waals surface area contributed by atoms with E-state index in [4.69, 9.17) is 23.2 Å². The Morgan fingerprint density at radius 1 is 1.05 bits per heavy atom. The van der Waals surface area contributed by atoms with Crippen molar-refractivity contribution in [2.45, 2.75) is 10.9 Å². The van der Waals surface area contributed by atoms with E-state index >= 15 is 0 Å². The van der Waals surface area contributed by atoms with Gasteiger partial charge in [-0.2, -0.15) is 15.0 Å². The Morgan fingerprint density at radius 3 is 2.57 bits per heavy atom. The lowest BCUT2D eigenvalue weighted by atomic mass is 10.2. The normalized spacial score (nSPS) is 10.8. The van der Waals surface area contributed by atoms with Crippen molar-refractivity contribution in [2.75, 3.05) is 0 Å². The summed E-state index contributed by atoms with van der Waals surface area (Å²) in [4.78, 5) is 16.5. The molecule has 3 aromatic rings. The monoisotopic (exact) mass is 337 g/mol. The predicted octanol–water partition coefficient (Wildman–Crippen LogP) is 3.66. The van der Waals surface area contributed by atoms with E-state index < -0.39 is 0 Å². The number of thioether (sulfide) groups is 1. The standard InChI is InChI=1S/C13H9Cl2N5S/c14-10-3-1-9(2-4-10)7-21-13-18-11(15)17-12(19-13)20-6-5-16-8-20/h1-6,8H,7H2. The van der Waals surface area contributed by atoms with Gasteiger partial charge in [0.05, 0.1) is 0 Å². The summed E-state index contributed by atoms with van der Waals surface area (Å²) < 4.78 is 1.68. The van der Waals surface area contributed by atoms with Crippen LogP contribution in [0.4, 0.5) is 0 Å². The third-order valence-corrected chi connectivity index (χ3v) is 3.93. The van der Waals surface area contributed by atoms with Gasteiger partial charge in [0.15, 0.2) is 5.16 Å². The molecule has 3 rings (SSSR count). The number of imidazole rings is 1. The molecule has 0 bridgehead atoms. The minimum atomic E-state index is 0.160. The quantitative estimate of drug-likeness (QED) is 0.680. The summed E-state index contributed by atoms with van der Waals surface area (Å²) in [6, 6.07) is 7.65. The van der Waals surface area contributed by atoms with E-state index in [1.807, 2.05) is 24.3 Å². The molecular formula is C13H9Cl2N5S. The van der Waals surface area contributed by atoms with Crippen LogP contribution in [-0.2, 0) is 5.75 Å². The Hall–Kier alpha value is -1.63. The number of hydrogen-bond donors (Lipinski definition) is 0. The fraction of sp³-hybridized carbons (Fsp3) is 0.0769. The van der Waals surface area contributed by atoms with Gasteiger partial charge in [-0.05, 0) is 29.3 Å². The van der Waals surface area contributed by atoms with Crippen LogP contribution in [0.25, 0.3) is 5.95 Å². The molecule has 0 atom stereocenters. The second kappa shape index (κ2) is 6.43. The fourth-order valence-electron chi connectivity index (χ4n) is 1.61. The second-order valence-corrected chi connectivity index (χ2v) is 5.79. The molecule has 0 spiro atoms. The van der Waals surface area contributed by atoms with Gasteiger partial charge in [0.1, 0.15) is 6.33 Å². The molecule has 0 amide bonds. The van der Waals surface area contributed by atoms with E-state index in [0.717, 1.165) is 11.3 Å². The average Bonchev–Trinajstić information content (AvgIpc) is 3.00. The van der Waals surface area contributed by atoms with Gasteiger partial charge in [-0.15, -0.1) is 0 Å². The Kier molecular flexibility index (Phi) is 4.38. The van der Waals surface area contributed by atoms with Crippen molar-refractivity contribution < 1.29 is 0 Å². The summed E-state index contributed by atoms with van der Waals surface area (Å²) >= 11 is 13.3. The highest BCUT2D eigenvalue weighted by atomic mass is 35.5. The second-order valence-electron chi connectivity index (χ2n) is 4.07. The molecule has 0 aliphatic carbocycles. The highest BCUT2D eigenvalue weighted by Crippen LogP contribution is 2.22. The first-order valence-corrected chi connectivity index (χ1v) is 7.72. The number of halogens is 2. The smallest absolute Gasteiger partial charge is 0.240 e. The highest BCUT2D eigenvalue weighted by molar-refractivity contribution is 7.98. The zero-order valence-electron chi connectivity index (χ0n) is 10.6. The highest BCUT2D eigenvalue weighted by Gasteiger charge is 2.07. The van der Waals surface area contributed by atoms with E-state index in [0.29, 0.717) is 16.1 Å². The molecule has 5 nitrogen and oxygen atoms in total. The zero-order valence-corrected chi connectivity index (χ0v) is 13.0. The van der Waals surface area contributed by atoms with Crippen LogP contribution in [0.1, 0.15) is 5.56 Å². The molecule has 0 unspecified atom stereocenters. The lowest BCUT2D eigenvalue weighted by Gasteiger charge is -2.04. The summed E-state index contributed by atoms with van der Waals surface area (Å²) in [7, 11) is 0. The minimum Gasteiger partial charge on any atom is -0.274 e. The van der Waals surface area contributed by atoms with Gasteiger partial charge >= 0.3 is 0 Å². The van der Waals surface area contributed by atoms with Crippen molar-refractivity contribution in [2.24, 2.45) is 0 Å². The van der Waals surface area contributed by atoms with Crippen LogP contribution < -0.4 is 0 Å². The molecule has 1 aromatic carbocycles. The number of rotatable bonds is 4. The Morgan fingerprint density at radius 2 is 1.86 bits per heavy atom. The summed E-state index contributed by atoms with van der Waals surface area (Å²) in [5.41, 5.74) is 1.13. The molecule has 0 saturated heterocycles. The Balaban J connectivity index is 1.78. The molecule has 2 aromatic heterocycles. The third-order valence-electron chi connectivity index (χ3n) is 2.59. The summed E-state index contributed by atoms with van der Waals surface area (Å²) in [5.74, 6) is 1.17. The zero-order chi connectivity index (χ0) is 14.7. The molecule has 0 aliphatic heterocycles. The van der Waals surface area contributed by atoms with Gasteiger partial charge < -0.3 is 0 Å². The Labute approximate surface area is 135 Å². The lowest BCUT2D eigenvalue weighted by molar-refractivity contribution is 0.823. The van der Waals surface area contributed by atoms with Crippen LogP contribution in [-0.4, -0.2) is 24.5 Å². The lowest BCUT2D eigenvalue weighted by Crippen LogP contribution is -2.02. The van der Waals surface area contributed by atoms with E-state index in [1.54, 1.807) is 23.3 Å². The van der Waals surface area contributed by atoms with Crippen LogP contribution in [0.5, 0.6) is 0 Å². The topological polar surface area (TPSA) is 56.5 Å². The SMILES string of the molecule is Clc1ccc(CSc2nc(Cl)nc(-n3ccnc3)n2)cc1. The molecule has 0 aliphatic rings. The molecule has 2 heterocycles. The van der Waals surface area contributed by atoms with E-state index in [9.17, 15) is 0 Å². The largest absolute Gasteiger partial charge is 0.274 e. The van der Waals surface area contributed by atoms with Gasteiger partial charge in [0.2, 0.25) is 11.2 Å². The molecular weight excluding hydrogens is 329 g/mol. The third kappa shape index (κ3) is 3.72. The van der Waals surface area contributed by atoms with Gasteiger partial charge in [-0.25, -0.2) is 4.98 Å². The molecule has 21 heavy (non-hydrogen) atoms. The van der Waals surface area contributed by atoms with Crippen molar-refractivity contribution in [3.8, 4) is 5.95 Å². The number of benzene rings is 1. The maximum Gasteiger partial charge on any atom is 0.240 e. The van der Waals surface area contributed by atoms with Gasteiger partial charge in [-0.1, -0.05) is 35.5 Å². The number of nitrogens with zero attached hydrogens (tertiary/aromatic N) is 5. The minimum absolute atomic E-state index is 0.160. The molecule has 0 fully saturated rings. The van der Waals surface area contributed by atoms with Crippen LogP contribution in [0.2, 0.25) is 10.3 Å². The predicted molar refractivity (Wildman–Crippen MR) is 83.0 cm³/mol. The van der Waals surface area contributed by atoms with E-state index in [2.05, 4.69) is 19.9 Å². The molecule has 8 heteroatoms. The van der Waals surface area contributed by atoms with Gasteiger partial charge in [0, 0.05) is 23.2 Å². The van der Waals surface area contributed by atoms with Crippen LogP contribution in [0, 0.1) is 0 Å². The van der Waals surface area contributed by atoms with E-state index in [1.165, 1.54) is 11.8 Å². The van der Waals surface area contributed by atoms with E-state index in [-0.39, 0.29) is 5.28 Å². The van der Waals surface area contributed by atoms with Crippen LogP contribution >= 0.6 is 35.0 Å². The molecule has 0 radical (unpaired) electrons. The first-order valence-electron chi connectivity index (χ1n) is 5.98. The van der Waals surface area contributed by atoms with Gasteiger partial charge in [-0.3, -0.25) is 4.57 Å². The molecule has 0 saturated carbocycles. The summed E-state index contributed by atoms with van der Waals surface area (Å²) in [6.07, 6.45) is 5.01. The first-order chi connectivity index (χ1) is 10.2. The summed E-state index contributed by atoms with van der Waals surface area (Å²) in [6.45, 7) is 0. The maximum atomic E-state index is 5.94. The van der Waals surface area contributed by atoms with Crippen molar-refractivity contribution in [1.82, 2.24) is 24.5 Å². The maximum absolute atomic E-state index is 5.94. The summed E-state index contributed by atoms with van der Waals surface area (Å²) in [5, 5.41) is 1.44. The average molecular weight is 338 g/mol. The Bertz CT molecular complexity index is 731. The van der Waals surface area contributed by atoms with Crippen molar-refractivity contribution in [3.05, 3.63) is 58.9 Å². The van der Waals surface area contributed by atoms with Crippen LogP contribution in [0.15, 0.2) is 48.1 Å². The first kappa shape index (κ1) is 14.3. The van der Waals surface area contributed by atoms with Crippen molar-refractivity contribution in [3.63, 3.8) is 0 Å².